The summed E-state index contributed by atoms with van der Waals surface area (Å²) in [4.78, 5) is 2.25. The Bertz CT molecular complexity index is 357. The van der Waals surface area contributed by atoms with Gasteiger partial charge in [0.05, 0.1) is 5.75 Å². The second kappa shape index (κ2) is 7.57. The van der Waals surface area contributed by atoms with Gasteiger partial charge in [-0.2, -0.15) is 0 Å². The second-order valence-corrected chi connectivity index (χ2v) is 7.91. The molecule has 6 heteroatoms. The number of sulfonamides is 1. The molecule has 0 saturated carbocycles. The summed E-state index contributed by atoms with van der Waals surface area (Å²) in [5.74, 6) is 0.591. The molecule has 0 aromatic rings. The summed E-state index contributed by atoms with van der Waals surface area (Å²) in [6, 6.07) is 0.504. The minimum Gasteiger partial charge on any atom is -0.314 e. The SMILES string of the molecule is CC(C)NCCCS(=O)(=O)NC1CCN(C)CC1C. The lowest BCUT2D eigenvalue weighted by Gasteiger charge is -2.34. The Balaban J connectivity index is 2.33. The van der Waals surface area contributed by atoms with Crippen molar-refractivity contribution in [1.82, 2.24) is 14.9 Å². The van der Waals surface area contributed by atoms with Gasteiger partial charge in [0.2, 0.25) is 10.0 Å². The number of piperidine rings is 1. The van der Waals surface area contributed by atoms with E-state index in [0.29, 0.717) is 18.4 Å². The van der Waals surface area contributed by atoms with Crippen molar-refractivity contribution in [3.8, 4) is 0 Å². The first-order chi connectivity index (χ1) is 8.80. The van der Waals surface area contributed by atoms with Gasteiger partial charge in [0.15, 0.2) is 0 Å². The zero-order chi connectivity index (χ0) is 14.5. The van der Waals surface area contributed by atoms with Gasteiger partial charge in [-0.25, -0.2) is 13.1 Å². The van der Waals surface area contributed by atoms with Gasteiger partial charge in [-0.1, -0.05) is 20.8 Å². The molecule has 0 bridgehead atoms. The Labute approximate surface area is 118 Å². The third-order valence-electron chi connectivity index (χ3n) is 3.58. The molecule has 0 amide bonds. The zero-order valence-corrected chi connectivity index (χ0v) is 13.5. The van der Waals surface area contributed by atoms with E-state index in [-0.39, 0.29) is 11.8 Å². The fraction of sp³-hybridized carbons (Fsp3) is 1.00. The van der Waals surface area contributed by atoms with E-state index < -0.39 is 10.0 Å². The van der Waals surface area contributed by atoms with Crippen molar-refractivity contribution in [1.29, 1.82) is 0 Å². The standard InChI is InChI=1S/C13H29N3O2S/c1-11(2)14-7-5-9-19(17,18)15-13-6-8-16(4)10-12(13)3/h11-15H,5-10H2,1-4H3. The number of nitrogens with zero attached hydrogens (tertiary/aromatic N) is 1. The highest BCUT2D eigenvalue weighted by Crippen LogP contribution is 2.16. The second-order valence-electron chi connectivity index (χ2n) is 6.03. The van der Waals surface area contributed by atoms with Crippen LogP contribution in [-0.2, 0) is 10.0 Å². The lowest BCUT2D eigenvalue weighted by Crippen LogP contribution is -2.49. The van der Waals surface area contributed by atoms with Gasteiger partial charge >= 0.3 is 0 Å². The van der Waals surface area contributed by atoms with E-state index in [9.17, 15) is 8.42 Å². The number of nitrogens with one attached hydrogen (secondary N) is 2. The van der Waals surface area contributed by atoms with Crippen LogP contribution in [0.15, 0.2) is 0 Å². The topological polar surface area (TPSA) is 61.4 Å². The molecule has 0 aromatic carbocycles. The van der Waals surface area contributed by atoms with Crippen LogP contribution >= 0.6 is 0 Å². The average Bonchev–Trinajstić information content (AvgIpc) is 2.28. The van der Waals surface area contributed by atoms with Crippen LogP contribution in [0.4, 0.5) is 0 Å². The van der Waals surface area contributed by atoms with Gasteiger partial charge in [-0.3, -0.25) is 0 Å². The number of rotatable bonds is 7. The average molecular weight is 291 g/mol. The van der Waals surface area contributed by atoms with Gasteiger partial charge in [-0.15, -0.1) is 0 Å². The molecule has 2 N–H and O–H groups in total. The van der Waals surface area contributed by atoms with Crippen molar-refractivity contribution in [2.75, 3.05) is 32.4 Å². The molecule has 1 saturated heterocycles. The monoisotopic (exact) mass is 291 g/mol. The largest absolute Gasteiger partial charge is 0.314 e. The molecule has 1 aliphatic rings. The molecule has 5 nitrogen and oxygen atoms in total. The van der Waals surface area contributed by atoms with Crippen LogP contribution in [0.25, 0.3) is 0 Å². The fourth-order valence-corrected chi connectivity index (χ4v) is 3.93. The van der Waals surface area contributed by atoms with Crippen molar-refractivity contribution in [3.63, 3.8) is 0 Å². The summed E-state index contributed by atoms with van der Waals surface area (Å²) in [5.41, 5.74) is 0. The summed E-state index contributed by atoms with van der Waals surface area (Å²) in [5, 5.41) is 3.24. The lowest BCUT2D eigenvalue weighted by atomic mass is 9.95. The van der Waals surface area contributed by atoms with E-state index in [2.05, 4.69) is 42.8 Å². The van der Waals surface area contributed by atoms with E-state index in [1.54, 1.807) is 0 Å². The van der Waals surface area contributed by atoms with Gasteiger partial charge in [-0.05, 0) is 38.9 Å². The molecule has 0 aromatic heterocycles. The van der Waals surface area contributed by atoms with Gasteiger partial charge in [0, 0.05) is 18.6 Å². The summed E-state index contributed by atoms with van der Waals surface area (Å²) in [6.45, 7) is 8.92. The fourth-order valence-electron chi connectivity index (χ4n) is 2.47. The van der Waals surface area contributed by atoms with Crippen molar-refractivity contribution >= 4 is 10.0 Å². The number of likely N-dealkylation sites (tertiary alicyclic amines) is 1. The van der Waals surface area contributed by atoms with Crippen LogP contribution in [0.1, 0.15) is 33.6 Å². The van der Waals surface area contributed by atoms with E-state index >= 15 is 0 Å². The molecule has 0 radical (unpaired) electrons. The highest BCUT2D eigenvalue weighted by atomic mass is 32.2. The normalized spacial score (nSPS) is 25.9. The molecule has 2 unspecified atom stereocenters. The Hall–Kier alpha value is -0.170. The predicted octanol–water partition coefficient (Wildman–Crippen LogP) is 0.634. The summed E-state index contributed by atoms with van der Waals surface area (Å²) >= 11 is 0. The highest BCUT2D eigenvalue weighted by molar-refractivity contribution is 7.89. The molecule has 0 spiro atoms. The summed E-state index contributed by atoms with van der Waals surface area (Å²) in [7, 11) is -1.06. The van der Waals surface area contributed by atoms with Crippen LogP contribution in [0.5, 0.6) is 0 Å². The maximum Gasteiger partial charge on any atom is 0.211 e. The van der Waals surface area contributed by atoms with Crippen LogP contribution in [0.2, 0.25) is 0 Å². The molecule has 0 aliphatic carbocycles. The van der Waals surface area contributed by atoms with E-state index in [4.69, 9.17) is 0 Å². The molecule has 114 valence electrons. The minimum atomic E-state index is -3.14. The van der Waals surface area contributed by atoms with Crippen molar-refractivity contribution in [2.45, 2.75) is 45.7 Å². The van der Waals surface area contributed by atoms with Crippen molar-refractivity contribution in [2.24, 2.45) is 5.92 Å². The smallest absolute Gasteiger partial charge is 0.211 e. The highest BCUT2D eigenvalue weighted by Gasteiger charge is 2.27. The van der Waals surface area contributed by atoms with E-state index in [1.807, 2.05) is 0 Å². The Morgan fingerprint density at radius 3 is 2.63 bits per heavy atom. The van der Waals surface area contributed by atoms with Crippen LogP contribution in [0, 0.1) is 5.92 Å². The van der Waals surface area contributed by atoms with Crippen LogP contribution in [0.3, 0.4) is 0 Å². The van der Waals surface area contributed by atoms with E-state index in [0.717, 1.165) is 26.1 Å². The third-order valence-corrected chi connectivity index (χ3v) is 5.07. The molecule has 1 rings (SSSR count). The number of hydrogen-bond acceptors (Lipinski definition) is 4. The first-order valence-corrected chi connectivity index (χ1v) is 8.87. The van der Waals surface area contributed by atoms with Gasteiger partial charge in [0.1, 0.15) is 0 Å². The quantitative estimate of drug-likeness (QED) is 0.676. The molecule has 1 heterocycles. The molecule has 19 heavy (non-hydrogen) atoms. The zero-order valence-electron chi connectivity index (χ0n) is 12.6. The Morgan fingerprint density at radius 1 is 1.37 bits per heavy atom. The first-order valence-electron chi connectivity index (χ1n) is 7.22. The summed E-state index contributed by atoms with van der Waals surface area (Å²) < 4.78 is 26.9. The molecule has 2 atom stereocenters. The van der Waals surface area contributed by atoms with Crippen LogP contribution < -0.4 is 10.0 Å². The maximum absolute atomic E-state index is 12.0. The van der Waals surface area contributed by atoms with Crippen LogP contribution in [-0.4, -0.2) is 57.8 Å². The minimum absolute atomic E-state index is 0.0965. The number of hydrogen-bond donors (Lipinski definition) is 2. The molecular formula is C13H29N3O2S. The predicted molar refractivity (Wildman–Crippen MR) is 79.7 cm³/mol. The van der Waals surface area contributed by atoms with E-state index in [1.165, 1.54) is 0 Å². The summed E-state index contributed by atoms with van der Waals surface area (Å²) in [6.07, 6.45) is 1.57. The molecular weight excluding hydrogens is 262 g/mol. The Kier molecular flexibility index (Phi) is 6.73. The Morgan fingerprint density at radius 2 is 2.05 bits per heavy atom. The van der Waals surface area contributed by atoms with Gasteiger partial charge < -0.3 is 10.2 Å². The van der Waals surface area contributed by atoms with Crippen molar-refractivity contribution in [3.05, 3.63) is 0 Å². The third kappa shape index (κ3) is 6.70. The molecule has 1 fully saturated rings. The molecule has 1 aliphatic heterocycles. The maximum atomic E-state index is 12.0. The first kappa shape index (κ1) is 16.9. The lowest BCUT2D eigenvalue weighted by molar-refractivity contribution is 0.188. The van der Waals surface area contributed by atoms with Crippen molar-refractivity contribution < 1.29 is 8.42 Å². The van der Waals surface area contributed by atoms with Gasteiger partial charge in [0.25, 0.3) is 0 Å².